The van der Waals surface area contributed by atoms with E-state index in [2.05, 4.69) is 35.1 Å². The summed E-state index contributed by atoms with van der Waals surface area (Å²) in [5.74, 6) is 2.39. The summed E-state index contributed by atoms with van der Waals surface area (Å²) < 4.78 is 5.69. The average Bonchev–Trinajstić information content (AvgIpc) is 2.81. The lowest BCUT2D eigenvalue weighted by atomic mass is 9.92. The molecule has 1 N–H and O–H groups in total. The second-order valence-corrected chi connectivity index (χ2v) is 4.21. The second-order valence-electron chi connectivity index (χ2n) is 4.21. The van der Waals surface area contributed by atoms with E-state index in [1.807, 2.05) is 6.20 Å². The molecule has 3 nitrogen and oxygen atoms in total. The van der Waals surface area contributed by atoms with Gasteiger partial charge in [0.15, 0.2) is 0 Å². The highest BCUT2D eigenvalue weighted by molar-refractivity contribution is 5.43. The Morgan fingerprint density at radius 2 is 2.38 bits per heavy atom. The maximum atomic E-state index is 5.69. The Morgan fingerprint density at radius 1 is 1.44 bits per heavy atom. The zero-order valence-corrected chi connectivity index (χ0v) is 9.23. The molecular formula is C13H14N2O. The molecule has 1 aliphatic heterocycles. The van der Waals surface area contributed by atoms with Crippen molar-refractivity contribution in [2.75, 3.05) is 6.61 Å². The van der Waals surface area contributed by atoms with Gasteiger partial charge in [-0.1, -0.05) is 12.1 Å². The van der Waals surface area contributed by atoms with Crippen molar-refractivity contribution in [3.05, 3.63) is 47.5 Å². The van der Waals surface area contributed by atoms with Gasteiger partial charge in [0, 0.05) is 23.9 Å². The van der Waals surface area contributed by atoms with Crippen LogP contribution in [0.5, 0.6) is 5.75 Å². The molecule has 1 atom stereocenters. The van der Waals surface area contributed by atoms with Gasteiger partial charge in [-0.2, -0.15) is 0 Å². The first kappa shape index (κ1) is 9.46. The van der Waals surface area contributed by atoms with E-state index in [4.69, 9.17) is 4.74 Å². The van der Waals surface area contributed by atoms with Gasteiger partial charge in [0.1, 0.15) is 11.6 Å². The molecule has 0 amide bonds. The van der Waals surface area contributed by atoms with Gasteiger partial charge in [-0.05, 0) is 25.0 Å². The Balaban J connectivity index is 2.06. The molecule has 3 rings (SSSR count). The van der Waals surface area contributed by atoms with E-state index < -0.39 is 0 Å². The summed E-state index contributed by atoms with van der Waals surface area (Å²) >= 11 is 0. The van der Waals surface area contributed by atoms with Gasteiger partial charge in [0.25, 0.3) is 0 Å². The fourth-order valence-electron chi connectivity index (χ4n) is 2.25. The molecule has 0 saturated carbocycles. The standard InChI is InChI=1S/C13H14N2O/c1-9-2-3-10-11(13-14-5-6-15-13)4-7-16-12(10)8-9/h2-3,5-6,8,11H,4,7H2,1H3,(H,14,15). The van der Waals surface area contributed by atoms with Crippen molar-refractivity contribution < 1.29 is 4.74 Å². The summed E-state index contributed by atoms with van der Waals surface area (Å²) in [5, 5.41) is 0. The molecule has 3 heteroatoms. The van der Waals surface area contributed by atoms with Crippen molar-refractivity contribution in [2.45, 2.75) is 19.3 Å². The highest BCUT2D eigenvalue weighted by Gasteiger charge is 2.24. The van der Waals surface area contributed by atoms with Crippen molar-refractivity contribution >= 4 is 0 Å². The summed E-state index contributed by atoms with van der Waals surface area (Å²) in [4.78, 5) is 7.55. The molecule has 0 radical (unpaired) electrons. The van der Waals surface area contributed by atoms with Gasteiger partial charge >= 0.3 is 0 Å². The molecule has 0 saturated heterocycles. The number of aromatic nitrogens is 2. The molecular weight excluding hydrogens is 200 g/mol. The number of imidazole rings is 1. The minimum atomic E-state index is 0.347. The molecule has 2 aromatic rings. The third-order valence-corrected chi connectivity index (χ3v) is 3.06. The first-order chi connectivity index (χ1) is 7.84. The number of nitrogens with one attached hydrogen (secondary N) is 1. The van der Waals surface area contributed by atoms with E-state index >= 15 is 0 Å². The van der Waals surface area contributed by atoms with Crippen LogP contribution < -0.4 is 4.74 Å². The Bertz CT molecular complexity index is 491. The zero-order valence-electron chi connectivity index (χ0n) is 9.23. The van der Waals surface area contributed by atoms with Crippen molar-refractivity contribution in [1.82, 2.24) is 9.97 Å². The quantitative estimate of drug-likeness (QED) is 0.792. The monoisotopic (exact) mass is 214 g/mol. The highest BCUT2D eigenvalue weighted by atomic mass is 16.5. The van der Waals surface area contributed by atoms with Gasteiger partial charge in [0.2, 0.25) is 0 Å². The fourth-order valence-corrected chi connectivity index (χ4v) is 2.25. The third-order valence-electron chi connectivity index (χ3n) is 3.06. The van der Waals surface area contributed by atoms with Crippen molar-refractivity contribution in [1.29, 1.82) is 0 Å². The average molecular weight is 214 g/mol. The van der Waals surface area contributed by atoms with Gasteiger partial charge in [0.05, 0.1) is 6.61 Å². The van der Waals surface area contributed by atoms with E-state index in [9.17, 15) is 0 Å². The summed E-state index contributed by atoms with van der Waals surface area (Å²) in [7, 11) is 0. The molecule has 2 heterocycles. The molecule has 0 spiro atoms. The van der Waals surface area contributed by atoms with Crippen molar-refractivity contribution in [2.24, 2.45) is 0 Å². The minimum absolute atomic E-state index is 0.347. The first-order valence-corrected chi connectivity index (χ1v) is 5.57. The predicted octanol–water partition coefficient (Wildman–Crippen LogP) is 2.63. The third kappa shape index (κ3) is 1.48. The summed E-state index contributed by atoms with van der Waals surface area (Å²) in [6, 6.07) is 6.38. The molecule has 0 bridgehead atoms. The van der Waals surface area contributed by atoms with Gasteiger partial charge in [-0.25, -0.2) is 4.98 Å². The molecule has 82 valence electrons. The van der Waals surface area contributed by atoms with Crippen LogP contribution in [0.15, 0.2) is 30.6 Å². The number of rotatable bonds is 1. The molecule has 16 heavy (non-hydrogen) atoms. The van der Waals surface area contributed by atoms with E-state index in [0.717, 1.165) is 24.6 Å². The maximum Gasteiger partial charge on any atom is 0.123 e. The second kappa shape index (κ2) is 3.67. The SMILES string of the molecule is Cc1ccc2c(c1)OCCC2c1ncc[nH]1. The Labute approximate surface area is 94.5 Å². The lowest BCUT2D eigenvalue weighted by Gasteiger charge is -2.24. The number of hydrogen-bond donors (Lipinski definition) is 1. The zero-order chi connectivity index (χ0) is 11.0. The van der Waals surface area contributed by atoms with Crippen LogP contribution in [0, 0.1) is 6.92 Å². The minimum Gasteiger partial charge on any atom is -0.493 e. The van der Waals surface area contributed by atoms with Crippen LogP contribution in [-0.2, 0) is 0 Å². The Kier molecular flexibility index (Phi) is 2.17. The van der Waals surface area contributed by atoms with E-state index in [1.165, 1.54) is 11.1 Å². The summed E-state index contributed by atoms with van der Waals surface area (Å²) in [6.07, 6.45) is 4.67. The normalized spacial score (nSPS) is 18.9. The van der Waals surface area contributed by atoms with Crippen molar-refractivity contribution in [3.8, 4) is 5.75 Å². The maximum absolute atomic E-state index is 5.69. The van der Waals surface area contributed by atoms with Crippen LogP contribution in [0.4, 0.5) is 0 Å². The van der Waals surface area contributed by atoms with E-state index in [0.29, 0.717) is 5.92 Å². The number of ether oxygens (including phenoxy) is 1. The lowest BCUT2D eigenvalue weighted by molar-refractivity contribution is 0.274. The fraction of sp³-hybridized carbons (Fsp3) is 0.308. The molecule has 0 fully saturated rings. The number of H-pyrrole nitrogens is 1. The Hall–Kier alpha value is -1.77. The Morgan fingerprint density at radius 3 is 3.19 bits per heavy atom. The van der Waals surface area contributed by atoms with E-state index in [-0.39, 0.29) is 0 Å². The lowest BCUT2D eigenvalue weighted by Crippen LogP contribution is -2.16. The number of nitrogens with zero attached hydrogens (tertiary/aromatic N) is 1. The smallest absolute Gasteiger partial charge is 0.123 e. The van der Waals surface area contributed by atoms with Crippen LogP contribution in [0.2, 0.25) is 0 Å². The van der Waals surface area contributed by atoms with Crippen LogP contribution in [0.1, 0.15) is 29.3 Å². The number of hydrogen-bond acceptors (Lipinski definition) is 2. The van der Waals surface area contributed by atoms with Gasteiger partial charge in [-0.3, -0.25) is 0 Å². The molecule has 1 aromatic carbocycles. The molecule has 1 unspecified atom stereocenters. The topological polar surface area (TPSA) is 37.9 Å². The van der Waals surface area contributed by atoms with E-state index in [1.54, 1.807) is 6.20 Å². The van der Waals surface area contributed by atoms with Gasteiger partial charge in [-0.15, -0.1) is 0 Å². The molecule has 1 aliphatic rings. The van der Waals surface area contributed by atoms with Gasteiger partial charge < -0.3 is 9.72 Å². The van der Waals surface area contributed by atoms with Crippen LogP contribution in [0.3, 0.4) is 0 Å². The molecule has 1 aromatic heterocycles. The summed E-state index contributed by atoms with van der Waals surface area (Å²) in [6.45, 7) is 2.85. The predicted molar refractivity (Wildman–Crippen MR) is 61.7 cm³/mol. The van der Waals surface area contributed by atoms with Crippen LogP contribution in [-0.4, -0.2) is 16.6 Å². The molecule has 0 aliphatic carbocycles. The summed E-state index contributed by atoms with van der Waals surface area (Å²) in [5.41, 5.74) is 2.48. The number of aryl methyl sites for hydroxylation is 1. The van der Waals surface area contributed by atoms with Crippen molar-refractivity contribution in [3.63, 3.8) is 0 Å². The highest BCUT2D eigenvalue weighted by Crippen LogP contribution is 2.36. The number of aromatic amines is 1. The van der Waals surface area contributed by atoms with Crippen LogP contribution in [0.25, 0.3) is 0 Å². The number of benzene rings is 1. The first-order valence-electron chi connectivity index (χ1n) is 5.57. The number of fused-ring (bicyclic) bond motifs is 1. The largest absolute Gasteiger partial charge is 0.493 e. The van der Waals surface area contributed by atoms with Crippen LogP contribution >= 0.6 is 0 Å².